The Bertz CT molecular complexity index is 436. The SMILES string of the molecule is CCCCCCCCC(CCCCCCCCC(O)CCCCCC)S(=O)(=O)O. The molecule has 29 heavy (non-hydrogen) atoms. The summed E-state index contributed by atoms with van der Waals surface area (Å²) in [6, 6.07) is 0. The predicted octanol–water partition coefficient (Wildman–Crippen LogP) is 7.45. The third kappa shape index (κ3) is 19.6. The van der Waals surface area contributed by atoms with Gasteiger partial charge in [0.25, 0.3) is 10.1 Å². The zero-order chi connectivity index (χ0) is 21.8. The number of rotatable bonds is 22. The second kappa shape index (κ2) is 19.8. The number of hydrogen-bond acceptors (Lipinski definition) is 3. The summed E-state index contributed by atoms with van der Waals surface area (Å²) >= 11 is 0. The Balaban J connectivity index is 3.67. The molecular formula is C24H50O4S. The molecule has 0 aromatic rings. The molecule has 0 saturated heterocycles. The second-order valence-electron chi connectivity index (χ2n) is 8.90. The third-order valence-corrected chi connectivity index (χ3v) is 7.32. The number of hydrogen-bond donors (Lipinski definition) is 2. The molecule has 0 aliphatic rings. The van der Waals surface area contributed by atoms with E-state index in [9.17, 15) is 18.1 Å². The Hall–Kier alpha value is -0.130. The number of aliphatic hydroxyl groups excluding tert-OH is 1. The van der Waals surface area contributed by atoms with Crippen LogP contribution in [0.4, 0.5) is 0 Å². The van der Waals surface area contributed by atoms with E-state index in [-0.39, 0.29) is 6.10 Å². The van der Waals surface area contributed by atoms with Crippen molar-refractivity contribution in [2.24, 2.45) is 0 Å². The van der Waals surface area contributed by atoms with Crippen LogP contribution < -0.4 is 0 Å². The van der Waals surface area contributed by atoms with Crippen molar-refractivity contribution in [3.8, 4) is 0 Å². The molecule has 0 radical (unpaired) electrons. The smallest absolute Gasteiger partial charge is 0.267 e. The molecule has 0 bridgehead atoms. The lowest BCUT2D eigenvalue weighted by Gasteiger charge is -2.14. The molecule has 0 saturated carbocycles. The fraction of sp³-hybridized carbons (Fsp3) is 1.00. The van der Waals surface area contributed by atoms with Gasteiger partial charge in [-0.05, 0) is 25.7 Å². The molecule has 0 heterocycles. The topological polar surface area (TPSA) is 74.6 Å². The molecule has 0 aromatic carbocycles. The molecule has 0 fully saturated rings. The summed E-state index contributed by atoms with van der Waals surface area (Å²) in [7, 11) is -3.91. The zero-order valence-electron chi connectivity index (χ0n) is 19.4. The van der Waals surface area contributed by atoms with Crippen LogP contribution in [-0.4, -0.2) is 29.4 Å². The monoisotopic (exact) mass is 434 g/mol. The molecule has 0 spiro atoms. The summed E-state index contributed by atoms with van der Waals surface area (Å²) in [5, 5.41) is 9.40. The van der Waals surface area contributed by atoms with Gasteiger partial charge >= 0.3 is 0 Å². The molecular weight excluding hydrogens is 384 g/mol. The lowest BCUT2D eigenvalue weighted by molar-refractivity contribution is 0.147. The van der Waals surface area contributed by atoms with Crippen LogP contribution in [0.1, 0.15) is 142 Å². The number of unbranched alkanes of at least 4 members (excludes halogenated alkanes) is 13. The molecule has 0 aliphatic carbocycles. The standard InChI is InChI=1S/C24H50O4S/c1-3-5-7-9-13-17-21-24(29(26,27)28)22-18-14-11-10-12-16-20-23(25)19-15-8-6-4-2/h23-25H,3-22H2,1-2H3,(H,26,27,28). The van der Waals surface area contributed by atoms with Crippen molar-refractivity contribution in [1.29, 1.82) is 0 Å². The summed E-state index contributed by atoms with van der Waals surface area (Å²) in [5.74, 6) is 0. The van der Waals surface area contributed by atoms with Crippen LogP contribution in [0.25, 0.3) is 0 Å². The van der Waals surface area contributed by atoms with Crippen molar-refractivity contribution < 1.29 is 18.1 Å². The van der Waals surface area contributed by atoms with Crippen molar-refractivity contribution in [1.82, 2.24) is 0 Å². The molecule has 0 rings (SSSR count). The van der Waals surface area contributed by atoms with Crippen molar-refractivity contribution in [3.05, 3.63) is 0 Å². The van der Waals surface area contributed by atoms with Gasteiger partial charge in [0.15, 0.2) is 0 Å². The maximum absolute atomic E-state index is 11.6. The molecule has 5 heteroatoms. The van der Waals surface area contributed by atoms with E-state index in [0.29, 0.717) is 12.8 Å². The van der Waals surface area contributed by atoms with E-state index in [4.69, 9.17) is 0 Å². The van der Waals surface area contributed by atoms with Gasteiger partial charge in [0.1, 0.15) is 0 Å². The minimum atomic E-state index is -3.91. The maximum atomic E-state index is 11.6. The van der Waals surface area contributed by atoms with Crippen molar-refractivity contribution in [3.63, 3.8) is 0 Å². The molecule has 0 aliphatic heterocycles. The summed E-state index contributed by atoms with van der Waals surface area (Å²) in [4.78, 5) is 0. The van der Waals surface area contributed by atoms with Crippen LogP contribution in [0.5, 0.6) is 0 Å². The van der Waals surface area contributed by atoms with Gasteiger partial charge in [-0.2, -0.15) is 8.42 Å². The van der Waals surface area contributed by atoms with Crippen LogP contribution in [0, 0.1) is 0 Å². The first-order chi connectivity index (χ1) is 13.9. The van der Waals surface area contributed by atoms with Crippen LogP contribution in [0.3, 0.4) is 0 Å². The van der Waals surface area contributed by atoms with E-state index in [1.165, 1.54) is 44.9 Å². The first-order valence-electron chi connectivity index (χ1n) is 12.6. The molecule has 2 unspecified atom stereocenters. The highest BCUT2D eigenvalue weighted by molar-refractivity contribution is 7.86. The van der Waals surface area contributed by atoms with E-state index in [0.717, 1.165) is 70.6 Å². The minimum Gasteiger partial charge on any atom is -0.393 e. The number of aliphatic hydroxyl groups is 1. The molecule has 0 aromatic heterocycles. The Morgan fingerprint density at radius 1 is 0.552 bits per heavy atom. The van der Waals surface area contributed by atoms with Crippen LogP contribution >= 0.6 is 0 Å². The van der Waals surface area contributed by atoms with Gasteiger partial charge in [0, 0.05) is 0 Å². The summed E-state index contributed by atoms with van der Waals surface area (Å²) in [6.45, 7) is 4.39. The highest BCUT2D eigenvalue weighted by Gasteiger charge is 2.21. The van der Waals surface area contributed by atoms with Gasteiger partial charge in [-0.15, -0.1) is 0 Å². The fourth-order valence-corrected chi connectivity index (χ4v) is 4.93. The third-order valence-electron chi connectivity index (χ3n) is 6.01. The maximum Gasteiger partial charge on any atom is 0.267 e. The van der Waals surface area contributed by atoms with E-state index in [1.54, 1.807) is 0 Å². The fourth-order valence-electron chi connectivity index (χ4n) is 4.00. The van der Waals surface area contributed by atoms with Gasteiger partial charge < -0.3 is 5.11 Å². The largest absolute Gasteiger partial charge is 0.393 e. The first kappa shape index (κ1) is 28.9. The van der Waals surface area contributed by atoms with E-state index < -0.39 is 15.4 Å². The van der Waals surface area contributed by atoms with Crippen molar-refractivity contribution >= 4 is 10.1 Å². The van der Waals surface area contributed by atoms with Crippen molar-refractivity contribution in [2.45, 2.75) is 154 Å². The van der Waals surface area contributed by atoms with Crippen LogP contribution in [-0.2, 0) is 10.1 Å². The Morgan fingerprint density at radius 2 is 0.862 bits per heavy atom. The Morgan fingerprint density at radius 3 is 1.24 bits per heavy atom. The van der Waals surface area contributed by atoms with Crippen LogP contribution in [0.15, 0.2) is 0 Å². The summed E-state index contributed by atoms with van der Waals surface area (Å²) in [6.07, 6.45) is 21.0. The molecule has 4 nitrogen and oxygen atoms in total. The first-order valence-corrected chi connectivity index (χ1v) is 14.1. The van der Waals surface area contributed by atoms with Crippen molar-refractivity contribution in [2.75, 3.05) is 0 Å². The molecule has 2 N–H and O–H groups in total. The van der Waals surface area contributed by atoms with E-state index >= 15 is 0 Å². The van der Waals surface area contributed by atoms with Gasteiger partial charge in [0.05, 0.1) is 11.4 Å². The second-order valence-corrected chi connectivity index (χ2v) is 10.6. The quantitative estimate of drug-likeness (QED) is 0.137. The zero-order valence-corrected chi connectivity index (χ0v) is 20.2. The van der Waals surface area contributed by atoms with E-state index in [2.05, 4.69) is 13.8 Å². The lowest BCUT2D eigenvalue weighted by Crippen LogP contribution is -2.20. The van der Waals surface area contributed by atoms with Gasteiger partial charge in [-0.1, -0.05) is 117 Å². The summed E-state index contributed by atoms with van der Waals surface area (Å²) < 4.78 is 32.7. The van der Waals surface area contributed by atoms with Gasteiger partial charge in [-0.25, -0.2) is 0 Å². The summed E-state index contributed by atoms with van der Waals surface area (Å²) in [5.41, 5.74) is 0. The minimum absolute atomic E-state index is 0.135. The lowest BCUT2D eigenvalue weighted by atomic mass is 10.0. The Labute approximate surface area is 182 Å². The van der Waals surface area contributed by atoms with Crippen LogP contribution in [0.2, 0.25) is 0 Å². The average Bonchev–Trinajstić information content (AvgIpc) is 2.67. The molecule has 2 atom stereocenters. The van der Waals surface area contributed by atoms with Gasteiger partial charge in [-0.3, -0.25) is 4.55 Å². The normalized spacial score (nSPS) is 14.2. The highest BCUT2D eigenvalue weighted by Crippen LogP contribution is 2.19. The highest BCUT2D eigenvalue weighted by atomic mass is 32.2. The predicted molar refractivity (Wildman–Crippen MR) is 125 cm³/mol. The average molecular weight is 435 g/mol. The van der Waals surface area contributed by atoms with E-state index in [1.807, 2.05) is 0 Å². The molecule has 0 amide bonds. The van der Waals surface area contributed by atoms with Gasteiger partial charge in [0.2, 0.25) is 0 Å². The molecule has 176 valence electrons. The Kier molecular flexibility index (Phi) is 19.7.